The molecule has 0 atom stereocenters. The van der Waals surface area contributed by atoms with Gasteiger partial charge in [-0.1, -0.05) is 6.07 Å². The van der Waals surface area contributed by atoms with Crippen molar-refractivity contribution in [3.05, 3.63) is 46.7 Å². The summed E-state index contributed by atoms with van der Waals surface area (Å²) in [7, 11) is 1.64. The largest absolute Gasteiger partial charge is 0.501 e. The molecule has 0 bridgehead atoms. The van der Waals surface area contributed by atoms with Gasteiger partial charge in [-0.2, -0.15) is 0 Å². The first-order valence-corrected chi connectivity index (χ1v) is 10.6. The van der Waals surface area contributed by atoms with Crippen LogP contribution < -0.4 is 5.32 Å². The Morgan fingerprint density at radius 3 is 2.73 bits per heavy atom. The van der Waals surface area contributed by atoms with E-state index >= 15 is 4.39 Å². The first kappa shape index (κ1) is 22.3. The quantitative estimate of drug-likeness (QED) is 0.692. The third-order valence-electron chi connectivity index (χ3n) is 5.84. The number of dihydropyridines is 1. The highest BCUT2D eigenvalue weighted by Crippen LogP contribution is 2.27. The van der Waals surface area contributed by atoms with E-state index in [0.29, 0.717) is 57.1 Å². The van der Waals surface area contributed by atoms with Crippen molar-refractivity contribution in [2.75, 3.05) is 46.4 Å². The molecule has 0 aliphatic carbocycles. The fraction of sp³-hybridized carbons (Fsp3) is 0.565. The molecule has 1 saturated heterocycles. The fourth-order valence-corrected chi connectivity index (χ4v) is 3.66. The Bertz CT molecular complexity index is 814. The number of carbonyl (C=O) groups is 1. The van der Waals surface area contributed by atoms with Gasteiger partial charge in [0.05, 0.1) is 7.11 Å². The van der Waals surface area contributed by atoms with Crippen LogP contribution in [0.3, 0.4) is 0 Å². The van der Waals surface area contributed by atoms with E-state index in [1.165, 1.54) is 0 Å². The van der Waals surface area contributed by atoms with Gasteiger partial charge in [-0.3, -0.25) is 9.79 Å². The number of amides is 1. The second-order valence-corrected chi connectivity index (χ2v) is 8.05. The molecule has 2 aliphatic rings. The van der Waals surface area contributed by atoms with Gasteiger partial charge in [0.2, 0.25) is 5.90 Å². The van der Waals surface area contributed by atoms with E-state index in [4.69, 9.17) is 9.47 Å². The van der Waals surface area contributed by atoms with Crippen LogP contribution in [-0.4, -0.2) is 68.8 Å². The number of hydrogen-bond acceptors (Lipinski definition) is 5. The van der Waals surface area contributed by atoms with Crippen LogP contribution in [0.4, 0.5) is 4.39 Å². The molecule has 0 aromatic heterocycles. The number of alkyl halides is 1. The zero-order chi connectivity index (χ0) is 21.6. The highest BCUT2D eigenvalue weighted by molar-refractivity contribution is 5.94. The summed E-state index contributed by atoms with van der Waals surface area (Å²) in [6, 6.07) is 5.73. The molecule has 1 aromatic carbocycles. The summed E-state index contributed by atoms with van der Waals surface area (Å²) >= 11 is 0. The van der Waals surface area contributed by atoms with Crippen LogP contribution in [-0.2, 0) is 9.47 Å². The minimum Gasteiger partial charge on any atom is -0.501 e. The number of nitrogens with zero attached hydrogens (tertiary/aromatic N) is 2. The number of hydrogen-bond donors (Lipinski definition) is 1. The molecule has 0 spiro atoms. The van der Waals surface area contributed by atoms with Crippen molar-refractivity contribution >= 4 is 11.8 Å². The van der Waals surface area contributed by atoms with E-state index < -0.39 is 5.67 Å². The second-order valence-electron chi connectivity index (χ2n) is 8.05. The lowest BCUT2D eigenvalue weighted by molar-refractivity contribution is 0.0433. The fourth-order valence-electron chi connectivity index (χ4n) is 3.66. The van der Waals surface area contributed by atoms with Gasteiger partial charge >= 0.3 is 0 Å². The number of halogens is 1. The molecule has 2 aliphatic heterocycles. The summed E-state index contributed by atoms with van der Waals surface area (Å²) in [4.78, 5) is 18.8. The van der Waals surface area contributed by atoms with Crippen LogP contribution in [0.25, 0.3) is 0 Å². The zero-order valence-electron chi connectivity index (χ0n) is 18.2. The lowest BCUT2D eigenvalue weighted by Gasteiger charge is -2.36. The molecule has 0 radical (unpaired) electrons. The summed E-state index contributed by atoms with van der Waals surface area (Å²) < 4.78 is 25.9. The third-order valence-corrected chi connectivity index (χ3v) is 5.84. The first-order chi connectivity index (χ1) is 14.4. The molecule has 164 valence electrons. The van der Waals surface area contributed by atoms with Gasteiger partial charge in [0.25, 0.3) is 5.91 Å². The topological polar surface area (TPSA) is 63.2 Å². The molecule has 6 nitrogen and oxygen atoms in total. The summed E-state index contributed by atoms with van der Waals surface area (Å²) in [5.41, 5.74) is 1.63. The number of carbonyl (C=O) groups excluding carboxylic acids is 1. The summed E-state index contributed by atoms with van der Waals surface area (Å²) in [5.74, 6) is 1.41. The maximum atomic E-state index is 15.1. The van der Waals surface area contributed by atoms with E-state index in [0.717, 1.165) is 23.3 Å². The average Bonchev–Trinajstić information content (AvgIpc) is 2.75. The van der Waals surface area contributed by atoms with Crippen LogP contribution in [0, 0.1) is 13.8 Å². The second kappa shape index (κ2) is 10.1. The maximum Gasteiger partial charge on any atom is 0.253 e. The van der Waals surface area contributed by atoms with Crippen molar-refractivity contribution < 1.29 is 18.7 Å². The van der Waals surface area contributed by atoms with Gasteiger partial charge in [-0.05, 0) is 37.1 Å². The Morgan fingerprint density at radius 1 is 1.27 bits per heavy atom. The molecule has 1 fully saturated rings. The molecule has 0 saturated carbocycles. The van der Waals surface area contributed by atoms with E-state index in [-0.39, 0.29) is 12.5 Å². The molecular weight excluding hydrogens is 385 g/mol. The zero-order valence-corrected chi connectivity index (χ0v) is 18.2. The number of aliphatic imine (C=N–C) groups is 1. The van der Waals surface area contributed by atoms with E-state index in [2.05, 4.69) is 10.3 Å². The van der Waals surface area contributed by atoms with Gasteiger partial charge in [-0.25, -0.2) is 4.39 Å². The molecule has 30 heavy (non-hydrogen) atoms. The summed E-state index contributed by atoms with van der Waals surface area (Å²) in [5, 5.41) is 3.14. The monoisotopic (exact) mass is 417 g/mol. The summed E-state index contributed by atoms with van der Waals surface area (Å²) in [6.45, 7) is 6.75. The number of piperidine rings is 1. The van der Waals surface area contributed by atoms with Gasteiger partial charge in [0.1, 0.15) is 18.0 Å². The Labute approximate surface area is 178 Å². The number of nitrogens with one attached hydrogen (secondary N) is 1. The molecule has 2 heterocycles. The number of benzene rings is 1. The SMILES string of the molecule is COC1=CC(OCCNCC2(F)CCN(C(=O)c3ccc(C)c(C)c3)CC2)=NCC1. The molecule has 1 aromatic rings. The van der Waals surface area contributed by atoms with Crippen LogP contribution in [0.5, 0.6) is 0 Å². The van der Waals surface area contributed by atoms with Crippen molar-refractivity contribution in [1.29, 1.82) is 0 Å². The molecule has 0 unspecified atom stereocenters. The Hall–Kier alpha value is -2.41. The molecular formula is C23H32FN3O3. The minimum atomic E-state index is -1.30. The minimum absolute atomic E-state index is 0.0155. The standard InChI is InChI=1S/C23H32FN3O3/c1-17-4-5-19(14-18(17)2)22(28)27-11-7-23(24,8-12-27)16-25-10-13-30-21-15-20(29-3)6-9-26-21/h4-5,14-15,25H,6-13,16H2,1-3H3. The smallest absolute Gasteiger partial charge is 0.253 e. The molecule has 1 N–H and O–H groups in total. The molecule has 1 amide bonds. The van der Waals surface area contributed by atoms with E-state index in [9.17, 15) is 4.79 Å². The normalized spacial score (nSPS) is 18.5. The third kappa shape index (κ3) is 5.81. The lowest BCUT2D eigenvalue weighted by Crippen LogP contribution is -2.49. The van der Waals surface area contributed by atoms with Crippen molar-refractivity contribution in [1.82, 2.24) is 10.2 Å². The van der Waals surface area contributed by atoms with Crippen molar-refractivity contribution in [3.63, 3.8) is 0 Å². The highest BCUT2D eigenvalue weighted by Gasteiger charge is 2.35. The lowest BCUT2D eigenvalue weighted by atomic mass is 9.92. The van der Waals surface area contributed by atoms with Gasteiger partial charge < -0.3 is 19.7 Å². The van der Waals surface area contributed by atoms with Crippen LogP contribution >= 0.6 is 0 Å². The predicted octanol–water partition coefficient (Wildman–Crippen LogP) is 3.19. The van der Waals surface area contributed by atoms with E-state index in [1.807, 2.05) is 32.0 Å². The van der Waals surface area contributed by atoms with Crippen molar-refractivity contribution in [2.24, 2.45) is 4.99 Å². The molecule has 3 rings (SSSR count). The predicted molar refractivity (Wildman–Crippen MR) is 116 cm³/mol. The number of ether oxygens (including phenoxy) is 2. The maximum absolute atomic E-state index is 15.1. The Balaban J connectivity index is 1.38. The average molecular weight is 418 g/mol. The van der Waals surface area contributed by atoms with Crippen molar-refractivity contribution in [3.8, 4) is 0 Å². The van der Waals surface area contributed by atoms with Crippen LogP contribution in [0.1, 0.15) is 40.7 Å². The van der Waals surface area contributed by atoms with Gasteiger partial charge in [0.15, 0.2) is 0 Å². The van der Waals surface area contributed by atoms with Crippen molar-refractivity contribution in [2.45, 2.75) is 38.8 Å². The van der Waals surface area contributed by atoms with E-state index in [1.54, 1.807) is 18.1 Å². The van der Waals surface area contributed by atoms with Crippen LogP contribution in [0.2, 0.25) is 0 Å². The number of methoxy groups -OCH3 is 1. The summed E-state index contributed by atoms with van der Waals surface area (Å²) in [6.07, 6.45) is 3.26. The first-order valence-electron chi connectivity index (χ1n) is 10.6. The van der Waals surface area contributed by atoms with Crippen LogP contribution in [0.15, 0.2) is 35.0 Å². The number of rotatable bonds is 7. The number of aryl methyl sites for hydroxylation is 2. The Kier molecular flexibility index (Phi) is 7.48. The number of likely N-dealkylation sites (tertiary alicyclic amines) is 1. The molecule has 7 heteroatoms. The van der Waals surface area contributed by atoms with Gasteiger partial charge in [-0.15, -0.1) is 0 Å². The highest BCUT2D eigenvalue weighted by atomic mass is 19.1. The van der Waals surface area contributed by atoms with Gasteiger partial charge in [0, 0.05) is 63.6 Å². The Morgan fingerprint density at radius 2 is 2.03 bits per heavy atom.